The monoisotopic (exact) mass is 400 g/mol. The zero-order valence-electron chi connectivity index (χ0n) is 15.8. The van der Waals surface area contributed by atoms with E-state index < -0.39 is 17.7 Å². The van der Waals surface area contributed by atoms with Gasteiger partial charge in [0.2, 0.25) is 0 Å². The molecule has 0 saturated carbocycles. The number of rotatable bonds is 6. The summed E-state index contributed by atoms with van der Waals surface area (Å²) in [5.41, 5.74) is 2.16. The number of fused-ring (bicyclic) bond motifs is 1. The zero-order valence-corrected chi connectivity index (χ0v) is 16.6. The van der Waals surface area contributed by atoms with Crippen molar-refractivity contribution in [2.45, 2.75) is 32.7 Å². The van der Waals surface area contributed by atoms with Gasteiger partial charge in [-0.2, -0.15) is 4.99 Å². The average molecular weight is 400 g/mol. The second-order valence-electron chi connectivity index (χ2n) is 6.38. The Morgan fingerprint density at radius 3 is 2.75 bits per heavy atom. The lowest BCUT2D eigenvalue weighted by Crippen LogP contribution is -2.22. The first-order valence-electron chi connectivity index (χ1n) is 9.05. The molecule has 0 unspecified atom stereocenters. The molecule has 0 saturated heterocycles. The molecule has 0 bridgehead atoms. The molecule has 7 heteroatoms. The molecule has 146 valence electrons. The van der Waals surface area contributed by atoms with Crippen LogP contribution in [0, 0.1) is 5.82 Å². The summed E-state index contributed by atoms with van der Waals surface area (Å²) in [6, 6.07) is 11.4. The first-order chi connectivity index (χ1) is 13.5. The SMILES string of the molecule is CCCCc1ccc2c(c1)sc(=NC(=O)c1cccc(F)c1)n2CC(=O)OC. The Morgan fingerprint density at radius 1 is 1.21 bits per heavy atom. The highest BCUT2D eigenvalue weighted by atomic mass is 32.1. The Bertz CT molecular complexity index is 1080. The fraction of sp³-hybridized carbons (Fsp3) is 0.286. The second-order valence-corrected chi connectivity index (χ2v) is 7.39. The third-order valence-electron chi connectivity index (χ3n) is 4.35. The van der Waals surface area contributed by atoms with Gasteiger partial charge in [-0.15, -0.1) is 0 Å². The third kappa shape index (κ3) is 4.54. The molecule has 0 aliphatic carbocycles. The number of thiazole rings is 1. The number of nitrogens with zero attached hydrogens (tertiary/aromatic N) is 2. The summed E-state index contributed by atoms with van der Waals surface area (Å²) >= 11 is 1.33. The molecule has 0 atom stereocenters. The number of hydrogen-bond donors (Lipinski definition) is 0. The molecular formula is C21H21FN2O3S. The Balaban J connectivity index is 2.09. The maximum Gasteiger partial charge on any atom is 0.325 e. The predicted molar refractivity (Wildman–Crippen MR) is 107 cm³/mol. The van der Waals surface area contributed by atoms with E-state index in [-0.39, 0.29) is 12.1 Å². The van der Waals surface area contributed by atoms with E-state index >= 15 is 0 Å². The van der Waals surface area contributed by atoms with Gasteiger partial charge in [-0.3, -0.25) is 9.59 Å². The normalized spacial score (nSPS) is 11.8. The third-order valence-corrected chi connectivity index (χ3v) is 5.39. The van der Waals surface area contributed by atoms with Gasteiger partial charge in [0.05, 0.1) is 17.3 Å². The van der Waals surface area contributed by atoms with Crippen molar-refractivity contribution in [2.24, 2.45) is 4.99 Å². The van der Waals surface area contributed by atoms with Crippen molar-refractivity contribution in [3.63, 3.8) is 0 Å². The molecule has 0 radical (unpaired) electrons. The van der Waals surface area contributed by atoms with Crippen LogP contribution in [0.3, 0.4) is 0 Å². The predicted octanol–water partition coefficient (Wildman–Crippen LogP) is 4.10. The molecule has 3 rings (SSSR count). The van der Waals surface area contributed by atoms with Crippen LogP contribution >= 0.6 is 11.3 Å². The van der Waals surface area contributed by atoms with Crippen LogP contribution in [0.25, 0.3) is 10.2 Å². The van der Waals surface area contributed by atoms with Crippen molar-refractivity contribution >= 4 is 33.4 Å². The molecule has 1 amide bonds. The number of unbranched alkanes of at least 4 members (excludes halogenated alkanes) is 1. The number of carbonyl (C=O) groups is 2. The number of amides is 1. The number of hydrogen-bond acceptors (Lipinski definition) is 4. The summed E-state index contributed by atoms with van der Waals surface area (Å²) in [4.78, 5) is 28.9. The maximum atomic E-state index is 13.4. The second kappa shape index (κ2) is 8.93. The highest BCUT2D eigenvalue weighted by Gasteiger charge is 2.13. The lowest BCUT2D eigenvalue weighted by Gasteiger charge is -2.05. The molecular weight excluding hydrogens is 379 g/mol. The Morgan fingerprint density at radius 2 is 2.04 bits per heavy atom. The first kappa shape index (κ1) is 19.9. The minimum absolute atomic E-state index is 0.0555. The molecule has 3 aromatic rings. The summed E-state index contributed by atoms with van der Waals surface area (Å²) < 4.78 is 20.8. The van der Waals surface area contributed by atoms with Crippen LogP contribution < -0.4 is 4.80 Å². The van der Waals surface area contributed by atoms with Gasteiger partial charge in [-0.1, -0.05) is 36.8 Å². The van der Waals surface area contributed by atoms with E-state index in [2.05, 4.69) is 18.0 Å². The van der Waals surface area contributed by atoms with Crippen LogP contribution in [0.5, 0.6) is 0 Å². The molecule has 2 aromatic carbocycles. The smallest absolute Gasteiger partial charge is 0.325 e. The molecule has 0 aliphatic heterocycles. The van der Waals surface area contributed by atoms with E-state index in [9.17, 15) is 14.0 Å². The minimum atomic E-state index is -0.559. The topological polar surface area (TPSA) is 60.7 Å². The van der Waals surface area contributed by atoms with Gasteiger partial charge in [0, 0.05) is 5.56 Å². The van der Waals surface area contributed by atoms with E-state index in [0.717, 1.165) is 35.5 Å². The lowest BCUT2D eigenvalue weighted by molar-refractivity contribution is -0.141. The van der Waals surface area contributed by atoms with Gasteiger partial charge in [-0.25, -0.2) is 4.39 Å². The van der Waals surface area contributed by atoms with Crippen LogP contribution in [0.1, 0.15) is 35.7 Å². The number of halogens is 1. The number of benzene rings is 2. The number of aryl methyl sites for hydroxylation is 1. The standard InChI is InChI=1S/C21H21FN2O3S/c1-3-4-6-14-9-10-17-18(11-14)28-21(24(17)13-19(25)27-2)23-20(26)15-7-5-8-16(22)12-15/h5,7-12H,3-4,6,13H2,1-2H3. The lowest BCUT2D eigenvalue weighted by atomic mass is 10.1. The van der Waals surface area contributed by atoms with E-state index in [1.165, 1.54) is 42.2 Å². The fourth-order valence-electron chi connectivity index (χ4n) is 2.86. The summed E-state index contributed by atoms with van der Waals surface area (Å²) in [5.74, 6) is -1.49. The number of methoxy groups -OCH3 is 1. The molecule has 5 nitrogen and oxygen atoms in total. The van der Waals surface area contributed by atoms with E-state index in [1.807, 2.05) is 12.1 Å². The quantitative estimate of drug-likeness (QED) is 0.586. The van der Waals surface area contributed by atoms with Gasteiger partial charge < -0.3 is 9.30 Å². The molecule has 0 spiro atoms. The molecule has 0 aliphatic rings. The Hall–Kier alpha value is -2.80. The van der Waals surface area contributed by atoms with Gasteiger partial charge in [0.25, 0.3) is 5.91 Å². The largest absolute Gasteiger partial charge is 0.468 e. The van der Waals surface area contributed by atoms with E-state index in [1.54, 1.807) is 4.57 Å². The van der Waals surface area contributed by atoms with Gasteiger partial charge in [-0.05, 0) is 48.7 Å². The highest BCUT2D eigenvalue weighted by molar-refractivity contribution is 7.16. The van der Waals surface area contributed by atoms with Crippen LogP contribution in [0.4, 0.5) is 4.39 Å². The van der Waals surface area contributed by atoms with Gasteiger partial charge >= 0.3 is 5.97 Å². The van der Waals surface area contributed by atoms with Crippen LogP contribution in [0.15, 0.2) is 47.5 Å². The highest BCUT2D eigenvalue weighted by Crippen LogP contribution is 2.21. The van der Waals surface area contributed by atoms with Crippen molar-refractivity contribution < 1.29 is 18.7 Å². The molecule has 1 heterocycles. The number of ether oxygens (including phenoxy) is 1. The maximum absolute atomic E-state index is 13.4. The van der Waals surface area contributed by atoms with Gasteiger partial charge in [0.15, 0.2) is 4.80 Å². The zero-order chi connectivity index (χ0) is 20.1. The summed E-state index contributed by atoms with van der Waals surface area (Å²) in [6.07, 6.45) is 3.16. The van der Waals surface area contributed by atoms with Crippen LogP contribution in [0.2, 0.25) is 0 Å². The van der Waals surface area contributed by atoms with Crippen LogP contribution in [-0.4, -0.2) is 23.6 Å². The van der Waals surface area contributed by atoms with E-state index in [0.29, 0.717) is 4.80 Å². The van der Waals surface area contributed by atoms with Crippen molar-refractivity contribution in [3.8, 4) is 0 Å². The summed E-state index contributed by atoms with van der Waals surface area (Å²) in [6.45, 7) is 2.09. The summed E-state index contributed by atoms with van der Waals surface area (Å²) in [7, 11) is 1.31. The summed E-state index contributed by atoms with van der Waals surface area (Å²) in [5, 5.41) is 0. The van der Waals surface area contributed by atoms with Crippen LogP contribution in [-0.2, 0) is 22.5 Å². The van der Waals surface area contributed by atoms with Crippen molar-refractivity contribution in [3.05, 3.63) is 64.2 Å². The molecule has 0 fully saturated rings. The number of aromatic nitrogens is 1. The van der Waals surface area contributed by atoms with Crippen molar-refractivity contribution in [2.75, 3.05) is 7.11 Å². The first-order valence-corrected chi connectivity index (χ1v) is 9.87. The molecule has 0 N–H and O–H groups in total. The number of esters is 1. The Labute approximate surface area is 166 Å². The van der Waals surface area contributed by atoms with Crippen molar-refractivity contribution in [1.29, 1.82) is 0 Å². The van der Waals surface area contributed by atoms with Crippen molar-refractivity contribution in [1.82, 2.24) is 4.57 Å². The average Bonchev–Trinajstić information content (AvgIpc) is 3.02. The number of carbonyl (C=O) groups excluding carboxylic acids is 2. The van der Waals surface area contributed by atoms with Gasteiger partial charge in [0.1, 0.15) is 12.4 Å². The molecule has 28 heavy (non-hydrogen) atoms. The van der Waals surface area contributed by atoms with E-state index in [4.69, 9.17) is 4.74 Å². The Kier molecular flexibility index (Phi) is 6.36. The molecule has 1 aromatic heterocycles. The fourth-order valence-corrected chi connectivity index (χ4v) is 3.95. The minimum Gasteiger partial charge on any atom is -0.468 e.